The molecule has 2 amide bonds. The van der Waals surface area contributed by atoms with Gasteiger partial charge in [0.15, 0.2) is 0 Å². The maximum atomic E-state index is 12.4. The van der Waals surface area contributed by atoms with Gasteiger partial charge in [-0.1, -0.05) is 30.3 Å². The lowest BCUT2D eigenvalue weighted by molar-refractivity contribution is -0.146. The van der Waals surface area contributed by atoms with Crippen molar-refractivity contribution in [2.45, 2.75) is 45.8 Å². The number of esters is 1. The lowest BCUT2D eigenvalue weighted by Gasteiger charge is -2.26. The van der Waals surface area contributed by atoms with E-state index in [1.807, 2.05) is 18.2 Å². The highest BCUT2D eigenvalue weighted by Gasteiger charge is 2.25. The van der Waals surface area contributed by atoms with E-state index in [-0.39, 0.29) is 39.1 Å². The fourth-order valence-corrected chi connectivity index (χ4v) is 2.13. The predicted octanol–water partition coefficient (Wildman–Crippen LogP) is 1.95. The molecule has 9 heteroatoms. The van der Waals surface area contributed by atoms with Gasteiger partial charge < -0.3 is 19.9 Å². The molecule has 0 radical (unpaired) electrons. The lowest BCUT2D eigenvalue weighted by atomic mass is 10.2. The molecule has 160 valence electrons. The number of aliphatic carboxylic acids is 1. The van der Waals surface area contributed by atoms with Gasteiger partial charge in [0.05, 0.1) is 6.42 Å². The van der Waals surface area contributed by atoms with Gasteiger partial charge in [-0.05, 0) is 26.3 Å². The SMILES string of the molecule is CC(C)(C)OC(=O)N(CCC(=O)NCCC(=O)O)CC(=O)OCc1ccccc1. The number of carboxylic acid groups (broad SMARTS) is 1. The van der Waals surface area contributed by atoms with E-state index in [0.29, 0.717) is 0 Å². The number of hydrogen-bond donors (Lipinski definition) is 2. The molecule has 0 unspecified atom stereocenters. The largest absolute Gasteiger partial charge is 0.481 e. The third-order valence-electron chi connectivity index (χ3n) is 3.48. The second kappa shape index (κ2) is 11.7. The first kappa shape index (κ1) is 23.9. The molecule has 0 saturated carbocycles. The van der Waals surface area contributed by atoms with Crippen molar-refractivity contribution in [2.75, 3.05) is 19.6 Å². The minimum atomic E-state index is -1.03. The number of nitrogens with zero attached hydrogens (tertiary/aromatic N) is 1. The average Bonchev–Trinajstić information content (AvgIpc) is 2.62. The molecule has 0 bridgehead atoms. The molecular weight excluding hydrogens is 380 g/mol. The van der Waals surface area contributed by atoms with Crippen molar-refractivity contribution in [3.63, 3.8) is 0 Å². The molecule has 0 aromatic heterocycles. The lowest BCUT2D eigenvalue weighted by Crippen LogP contribution is -2.42. The van der Waals surface area contributed by atoms with Gasteiger partial charge in [-0.2, -0.15) is 0 Å². The summed E-state index contributed by atoms with van der Waals surface area (Å²) in [6.07, 6.45) is -1.05. The van der Waals surface area contributed by atoms with Crippen LogP contribution in [0.25, 0.3) is 0 Å². The number of amides is 2. The van der Waals surface area contributed by atoms with Crippen LogP contribution in [0.15, 0.2) is 30.3 Å². The van der Waals surface area contributed by atoms with Gasteiger partial charge in [0.1, 0.15) is 18.8 Å². The monoisotopic (exact) mass is 408 g/mol. The summed E-state index contributed by atoms with van der Waals surface area (Å²) >= 11 is 0. The molecule has 0 spiro atoms. The van der Waals surface area contributed by atoms with E-state index >= 15 is 0 Å². The van der Waals surface area contributed by atoms with Crippen LogP contribution in [-0.4, -0.2) is 59.2 Å². The Balaban J connectivity index is 2.60. The second-order valence-electron chi connectivity index (χ2n) is 7.29. The highest BCUT2D eigenvalue weighted by molar-refractivity contribution is 5.80. The van der Waals surface area contributed by atoms with Gasteiger partial charge in [0, 0.05) is 19.5 Å². The standard InChI is InChI=1S/C20H28N2O7/c1-20(2,3)29-19(27)22(12-10-16(23)21-11-9-17(24)25)13-18(26)28-14-15-7-5-4-6-8-15/h4-8H,9-14H2,1-3H3,(H,21,23)(H,24,25). The van der Waals surface area contributed by atoms with Crippen LogP contribution >= 0.6 is 0 Å². The Kier molecular flexibility index (Phi) is 9.64. The van der Waals surface area contributed by atoms with Crippen LogP contribution in [0.3, 0.4) is 0 Å². The summed E-state index contributed by atoms with van der Waals surface area (Å²) in [5, 5.41) is 11.0. The van der Waals surface area contributed by atoms with Crippen molar-refractivity contribution in [2.24, 2.45) is 0 Å². The van der Waals surface area contributed by atoms with Gasteiger partial charge in [-0.25, -0.2) is 4.79 Å². The zero-order valence-corrected chi connectivity index (χ0v) is 17.0. The first-order valence-electron chi connectivity index (χ1n) is 9.23. The molecule has 2 N–H and O–H groups in total. The zero-order valence-electron chi connectivity index (χ0n) is 17.0. The van der Waals surface area contributed by atoms with Gasteiger partial charge in [-0.15, -0.1) is 0 Å². The molecule has 0 aliphatic rings. The normalized spacial score (nSPS) is 10.7. The van der Waals surface area contributed by atoms with E-state index in [9.17, 15) is 19.2 Å². The number of carboxylic acids is 1. The second-order valence-corrected chi connectivity index (χ2v) is 7.29. The minimum Gasteiger partial charge on any atom is -0.481 e. The topological polar surface area (TPSA) is 122 Å². The van der Waals surface area contributed by atoms with Crippen molar-refractivity contribution < 1.29 is 33.8 Å². The van der Waals surface area contributed by atoms with Crippen LogP contribution in [0.4, 0.5) is 4.79 Å². The molecule has 0 atom stereocenters. The molecular formula is C20H28N2O7. The Morgan fingerprint density at radius 3 is 2.31 bits per heavy atom. The van der Waals surface area contributed by atoms with Crippen molar-refractivity contribution in [1.29, 1.82) is 0 Å². The maximum absolute atomic E-state index is 12.4. The highest BCUT2D eigenvalue weighted by atomic mass is 16.6. The van der Waals surface area contributed by atoms with Crippen molar-refractivity contribution >= 4 is 23.9 Å². The number of rotatable bonds is 10. The summed E-state index contributed by atoms with van der Waals surface area (Å²) in [4.78, 5) is 47.9. The molecule has 29 heavy (non-hydrogen) atoms. The average molecular weight is 408 g/mol. The number of carbonyl (C=O) groups excluding carboxylic acids is 3. The molecule has 0 aliphatic carbocycles. The maximum Gasteiger partial charge on any atom is 0.410 e. The van der Waals surface area contributed by atoms with Crippen molar-refractivity contribution in [3.05, 3.63) is 35.9 Å². The van der Waals surface area contributed by atoms with Gasteiger partial charge in [0.2, 0.25) is 5.91 Å². The summed E-state index contributed by atoms with van der Waals surface area (Å²) in [7, 11) is 0. The van der Waals surface area contributed by atoms with E-state index in [1.165, 1.54) is 0 Å². The summed E-state index contributed by atoms with van der Waals surface area (Å²) in [5.74, 6) is -2.09. The summed E-state index contributed by atoms with van der Waals surface area (Å²) in [6.45, 7) is 4.68. The van der Waals surface area contributed by atoms with Crippen LogP contribution < -0.4 is 5.32 Å². The quantitative estimate of drug-likeness (QED) is 0.567. The molecule has 0 aliphatic heterocycles. The van der Waals surface area contributed by atoms with Gasteiger partial charge >= 0.3 is 18.0 Å². The smallest absolute Gasteiger partial charge is 0.410 e. The zero-order chi connectivity index (χ0) is 21.9. The van der Waals surface area contributed by atoms with E-state index in [0.717, 1.165) is 10.5 Å². The Hall–Kier alpha value is -3.10. The van der Waals surface area contributed by atoms with Crippen molar-refractivity contribution in [3.8, 4) is 0 Å². The van der Waals surface area contributed by atoms with Crippen LogP contribution in [0.5, 0.6) is 0 Å². The molecule has 0 fully saturated rings. The van der Waals surface area contributed by atoms with Gasteiger partial charge in [0.25, 0.3) is 0 Å². The molecule has 9 nitrogen and oxygen atoms in total. The third kappa shape index (κ3) is 11.4. The van der Waals surface area contributed by atoms with Crippen LogP contribution in [0, 0.1) is 0 Å². The van der Waals surface area contributed by atoms with Gasteiger partial charge in [-0.3, -0.25) is 19.3 Å². The molecule has 1 rings (SSSR count). The molecule has 1 aromatic rings. The van der Waals surface area contributed by atoms with E-state index < -0.39 is 29.5 Å². The number of ether oxygens (including phenoxy) is 2. The Morgan fingerprint density at radius 2 is 1.72 bits per heavy atom. The first-order chi connectivity index (χ1) is 13.6. The molecule has 0 saturated heterocycles. The van der Waals surface area contributed by atoms with Crippen LogP contribution in [-0.2, 0) is 30.5 Å². The molecule has 0 heterocycles. The Morgan fingerprint density at radius 1 is 1.07 bits per heavy atom. The summed E-state index contributed by atoms with van der Waals surface area (Å²) in [6, 6.07) is 9.09. The van der Waals surface area contributed by atoms with E-state index in [1.54, 1.807) is 32.9 Å². The fraction of sp³-hybridized carbons (Fsp3) is 0.500. The first-order valence-corrected chi connectivity index (χ1v) is 9.23. The van der Waals surface area contributed by atoms with E-state index in [2.05, 4.69) is 5.32 Å². The Labute approximate surface area is 170 Å². The van der Waals surface area contributed by atoms with Crippen molar-refractivity contribution in [1.82, 2.24) is 10.2 Å². The number of hydrogen-bond acceptors (Lipinski definition) is 6. The van der Waals surface area contributed by atoms with Crippen LogP contribution in [0.1, 0.15) is 39.2 Å². The number of carbonyl (C=O) groups is 4. The minimum absolute atomic E-state index is 0.0142. The number of benzene rings is 1. The molecule has 1 aromatic carbocycles. The summed E-state index contributed by atoms with van der Waals surface area (Å²) in [5.41, 5.74) is 0.0370. The van der Waals surface area contributed by atoms with Crippen LogP contribution in [0.2, 0.25) is 0 Å². The predicted molar refractivity (Wildman–Crippen MR) is 104 cm³/mol. The fourth-order valence-electron chi connectivity index (χ4n) is 2.13. The summed E-state index contributed by atoms with van der Waals surface area (Å²) < 4.78 is 10.5. The third-order valence-corrected chi connectivity index (χ3v) is 3.48. The highest BCUT2D eigenvalue weighted by Crippen LogP contribution is 2.11. The number of nitrogens with one attached hydrogen (secondary N) is 1. The van der Waals surface area contributed by atoms with E-state index in [4.69, 9.17) is 14.6 Å². The Bertz CT molecular complexity index is 699.